The molecule has 3 rings (SSSR count). The Morgan fingerprint density at radius 2 is 1.66 bits per heavy atom. The third-order valence-corrected chi connectivity index (χ3v) is 6.76. The standard InChI is InChI=1S/C25H32ClN5O7/c1-3-15-25(38)31-18(9-10-19(31)26)23(36)30-21(13(2)33)24(37)29-17(12-32)22(35)28-16(11-20(34)27-15)14-7-5-4-6-8-14/h4-8,10,13,15-18,21,32-33H,3,9,11-12H2,1-2H3,(H,27,34)(H,28,35)(H,29,37)(H,30,36)/t13-,15-,16+,17+,18+,21-/m0/s1. The Morgan fingerprint density at radius 1 is 0.974 bits per heavy atom. The van der Waals surface area contributed by atoms with Crippen molar-refractivity contribution in [3.63, 3.8) is 0 Å². The van der Waals surface area contributed by atoms with Gasteiger partial charge in [0.2, 0.25) is 23.6 Å². The van der Waals surface area contributed by atoms with Crippen molar-refractivity contribution in [1.82, 2.24) is 26.2 Å². The first-order valence-electron chi connectivity index (χ1n) is 12.3. The van der Waals surface area contributed by atoms with Crippen molar-refractivity contribution in [1.29, 1.82) is 0 Å². The Hall–Kier alpha value is -3.48. The van der Waals surface area contributed by atoms with E-state index in [1.54, 1.807) is 37.3 Å². The van der Waals surface area contributed by atoms with Gasteiger partial charge < -0.3 is 31.5 Å². The highest BCUT2D eigenvalue weighted by molar-refractivity contribution is 6.31. The zero-order chi connectivity index (χ0) is 28.0. The molecule has 13 heteroatoms. The Labute approximate surface area is 224 Å². The van der Waals surface area contributed by atoms with Crippen LogP contribution in [0, 0.1) is 0 Å². The van der Waals surface area contributed by atoms with E-state index in [2.05, 4.69) is 21.3 Å². The minimum atomic E-state index is -1.50. The van der Waals surface area contributed by atoms with Gasteiger partial charge in [0.05, 0.1) is 25.2 Å². The van der Waals surface area contributed by atoms with E-state index in [0.29, 0.717) is 5.56 Å². The van der Waals surface area contributed by atoms with E-state index in [0.717, 1.165) is 4.90 Å². The molecule has 1 aromatic carbocycles. The van der Waals surface area contributed by atoms with Gasteiger partial charge in [0, 0.05) is 0 Å². The zero-order valence-electron chi connectivity index (χ0n) is 21.0. The van der Waals surface area contributed by atoms with Crippen molar-refractivity contribution in [2.75, 3.05) is 6.61 Å². The summed E-state index contributed by atoms with van der Waals surface area (Å²) in [6.45, 7) is 2.17. The van der Waals surface area contributed by atoms with Gasteiger partial charge in [-0.15, -0.1) is 0 Å². The summed E-state index contributed by atoms with van der Waals surface area (Å²) in [5, 5.41) is 30.1. The largest absolute Gasteiger partial charge is 0.394 e. The average molecular weight is 550 g/mol. The van der Waals surface area contributed by atoms with Crippen LogP contribution in [0.4, 0.5) is 0 Å². The number of nitrogens with zero attached hydrogens (tertiary/aromatic N) is 1. The molecule has 5 amide bonds. The van der Waals surface area contributed by atoms with E-state index in [4.69, 9.17) is 11.6 Å². The Kier molecular flexibility index (Phi) is 9.84. The molecule has 2 aliphatic rings. The second-order valence-electron chi connectivity index (χ2n) is 9.16. The van der Waals surface area contributed by atoms with Gasteiger partial charge in [0.25, 0.3) is 5.91 Å². The average Bonchev–Trinajstić information content (AvgIpc) is 3.28. The molecule has 0 saturated carbocycles. The summed E-state index contributed by atoms with van der Waals surface area (Å²) in [6, 6.07) is 2.65. The topological polar surface area (TPSA) is 177 Å². The SMILES string of the molecule is CC[C@@H]1NC(=O)C[C@H](c2ccccc2)NC(=O)[C@@H](CO)NC(=O)[C@H]([C@H](C)O)NC(=O)[C@H]2CC=C(Cl)N2C1=O. The minimum Gasteiger partial charge on any atom is -0.394 e. The highest BCUT2D eigenvalue weighted by Crippen LogP contribution is 2.27. The number of carbonyl (C=O) groups is 5. The molecule has 0 spiro atoms. The molecule has 6 atom stereocenters. The number of hydrogen-bond acceptors (Lipinski definition) is 7. The van der Waals surface area contributed by atoms with Crippen molar-refractivity contribution in [2.24, 2.45) is 0 Å². The highest BCUT2D eigenvalue weighted by Gasteiger charge is 2.41. The van der Waals surface area contributed by atoms with Gasteiger partial charge in [-0.05, 0) is 31.4 Å². The van der Waals surface area contributed by atoms with Gasteiger partial charge >= 0.3 is 0 Å². The quantitative estimate of drug-likeness (QED) is 0.265. The summed E-state index contributed by atoms with van der Waals surface area (Å²) in [7, 11) is 0. The van der Waals surface area contributed by atoms with E-state index >= 15 is 0 Å². The smallest absolute Gasteiger partial charge is 0.250 e. The molecule has 0 unspecified atom stereocenters. The lowest BCUT2D eigenvalue weighted by Crippen LogP contribution is -2.61. The molecule has 206 valence electrons. The summed E-state index contributed by atoms with van der Waals surface area (Å²) in [5.74, 6) is -3.65. The molecule has 0 aromatic heterocycles. The molecule has 38 heavy (non-hydrogen) atoms. The molecule has 1 saturated heterocycles. The number of carbonyl (C=O) groups excluding carboxylic acids is 5. The first kappa shape index (κ1) is 29.1. The Morgan fingerprint density at radius 3 is 2.26 bits per heavy atom. The van der Waals surface area contributed by atoms with Gasteiger partial charge in [-0.25, -0.2) is 0 Å². The zero-order valence-corrected chi connectivity index (χ0v) is 21.8. The summed E-state index contributed by atoms with van der Waals surface area (Å²) in [4.78, 5) is 66.6. The van der Waals surface area contributed by atoms with Crippen molar-refractivity contribution >= 4 is 41.1 Å². The molecular weight excluding hydrogens is 518 g/mol. The molecule has 0 bridgehead atoms. The molecule has 2 heterocycles. The maximum Gasteiger partial charge on any atom is 0.250 e. The van der Waals surface area contributed by atoms with Crippen molar-refractivity contribution < 1.29 is 34.2 Å². The summed E-state index contributed by atoms with van der Waals surface area (Å²) in [6.07, 6.45) is 0.0728. The summed E-state index contributed by atoms with van der Waals surface area (Å²) >= 11 is 6.26. The predicted octanol–water partition coefficient (Wildman–Crippen LogP) is -0.834. The first-order chi connectivity index (χ1) is 18.1. The van der Waals surface area contributed by atoms with Gasteiger partial charge in [-0.3, -0.25) is 28.9 Å². The number of amides is 5. The van der Waals surface area contributed by atoms with Crippen LogP contribution in [-0.4, -0.2) is 81.5 Å². The lowest BCUT2D eigenvalue weighted by atomic mass is 10.0. The van der Waals surface area contributed by atoms with Gasteiger partial charge in [-0.1, -0.05) is 48.9 Å². The molecule has 6 N–H and O–H groups in total. The molecule has 0 aliphatic carbocycles. The Balaban J connectivity index is 2.01. The first-order valence-corrected chi connectivity index (χ1v) is 12.7. The van der Waals surface area contributed by atoms with Gasteiger partial charge in [0.1, 0.15) is 29.3 Å². The van der Waals surface area contributed by atoms with E-state index in [1.165, 1.54) is 13.0 Å². The number of nitrogens with one attached hydrogen (secondary N) is 4. The van der Waals surface area contributed by atoms with Gasteiger partial charge in [-0.2, -0.15) is 0 Å². The summed E-state index contributed by atoms with van der Waals surface area (Å²) in [5.41, 5.74) is 0.583. The second-order valence-corrected chi connectivity index (χ2v) is 9.55. The third kappa shape index (κ3) is 6.69. The van der Waals surface area contributed by atoms with E-state index in [9.17, 15) is 34.2 Å². The van der Waals surface area contributed by atoms with Crippen LogP contribution in [0.1, 0.15) is 44.7 Å². The van der Waals surface area contributed by atoms with Crippen molar-refractivity contribution in [3.8, 4) is 0 Å². The van der Waals surface area contributed by atoms with E-state index < -0.39 is 72.5 Å². The fourth-order valence-corrected chi connectivity index (χ4v) is 4.60. The Bertz CT molecular complexity index is 1100. The van der Waals surface area contributed by atoms with Crippen LogP contribution in [0.25, 0.3) is 0 Å². The normalized spacial score (nSPS) is 28.4. The molecule has 0 radical (unpaired) electrons. The van der Waals surface area contributed by atoms with E-state index in [1.807, 2.05) is 0 Å². The van der Waals surface area contributed by atoms with Gasteiger partial charge in [0.15, 0.2) is 0 Å². The van der Waals surface area contributed by atoms with Crippen molar-refractivity contribution in [2.45, 2.75) is 69.4 Å². The number of hydrogen-bond donors (Lipinski definition) is 6. The van der Waals surface area contributed by atoms with Crippen LogP contribution >= 0.6 is 11.6 Å². The van der Waals surface area contributed by atoms with Crippen LogP contribution in [-0.2, 0) is 24.0 Å². The molecule has 1 fully saturated rings. The van der Waals surface area contributed by atoms with Crippen LogP contribution in [0.5, 0.6) is 0 Å². The fraction of sp³-hybridized carbons (Fsp3) is 0.480. The molecule has 2 aliphatic heterocycles. The maximum atomic E-state index is 13.4. The van der Waals surface area contributed by atoms with Crippen LogP contribution < -0.4 is 21.3 Å². The predicted molar refractivity (Wildman–Crippen MR) is 136 cm³/mol. The van der Waals surface area contributed by atoms with Crippen molar-refractivity contribution in [3.05, 3.63) is 47.1 Å². The van der Waals surface area contributed by atoms with E-state index in [-0.39, 0.29) is 24.4 Å². The number of aliphatic hydroxyl groups excluding tert-OH is 2. The van der Waals surface area contributed by atoms with Crippen LogP contribution in [0.15, 0.2) is 41.6 Å². The van der Waals surface area contributed by atoms with Crippen LogP contribution in [0.2, 0.25) is 0 Å². The number of benzene rings is 1. The lowest BCUT2D eigenvalue weighted by molar-refractivity contribution is -0.142. The fourth-order valence-electron chi connectivity index (χ4n) is 4.31. The molecule has 12 nitrogen and oxygen atoms in total. The number of aliphatic hydroxyl groups is 2. The highest BCUT2D eigenvalue weighted by atomic mass is 35.5. The number of rotatable bonds is 4. The number of fused-ring (bicyclic) bond motifs is 1. The molecular formula is C25H32ClN5O7. The summed E-state index contributed by atoms with van der Waals surface area (Å²) < 4.78 is 0. The maximum absolute atomic E-state index is 13.4. The number of halogens is 1. The van der Waals surface area contributed by atoms with Crippen LogP contribution in [0.3, 0.4) is 0 Å². The monoisotopic (exact) mass is 549 g/mol. The third-order valence-electron chi connectivity index (χ3n) is 6.42. The second kappa shape index (κ2) is 12.9. The minimum absolute atomic E-state index is 0.00298. The lowest BCUT2D eigenvalue weighted by Gasteiger charge is -2.31. The molecule has 1 aromatic rings.